The van der Waals surface area contributed by atoms with Crippen LogP contribution in [0.5, 0.6) is 11.5 Å². The molecule has 0 spiro atoms. The Morgan fingerprint density at radius 3 is 2.65 bits per heavy atom. The Morgan fingerprint density at radius 2 is 2.00 bits per heavy atom. The second-order valence-electron chi connectivity index (χ2n) is 4.32. The molecule has 0 radical (unpaired) electrons. The van der Waals surface area contributed by atoms with Crippen molar-refractivity contribution in [2.45, 2.75) is 38.4 Å². The highest BCUT2D eigenvalue weighted by molar-refractivity contribution is 5.43. The fourth-order valence-corrected chi connectivity index (χ4v) is 2.18. The molecule has 2 N–H and O–H groups in total. The Bertz CT molecular complexity index is 362. The highest BCUT2D eigenvalue weighted by Crippen LogP contribution is 2.32. The molecule has 2 rings (SSSR count). The normalized spacial score (nSPS) is 16.1. The van der Waals surface area contributed by atoms with E-state index in [1.807, 2.05) is 18.2 Å². The lowest BCUT2D eigenvalue weighted by Crippen LogP contribution is -2.12. The molecule has 0 bridgehead atoms. The van der Waals surface area contributed by atoms with Gasteiger partial charge in [0.25, 0.3) is 0 Å². The van der Waals surface area contributed by atoms with Crippen LogP contribution in [0.4, 0.5) is 0 Å². The van der Waals surface area contributed by atoms with Gasteiger partial charge in [-0.05, 0) is 43.4 Å². The molecule has 0 aromatic heterocycles. The van der Waals surface area contributed by atoms with E-state index in [9.17, 15) is 0 Å². The third-order valence-corrected chi connectivity index (χ3v) is 3.07. The fourth-order valence-electron chi connectivity index (χ4n) is 2.18. The summed E-state index contributed by atoms with van der Waals surface area (Å²) >= 11 is 0. The van der Waals surface area contributed by atoms with Crippen LogP contribution in [0.25, 0.3) is 0 Å². The van der Waals surface area contributed by atoms with E-state index in [0.29, 0.717) is 12.7 Å². The first-order valence-electron chi connectivity index (χ1n) is 5.98. The van der Waals surface area contributed by atoms with E-state index in [-0.39, 0.29) is 0 Å². The minimum atomic E-state index is 0.318. The Kier molecular flexibility index (Phi) is 4.23. The summed E-state index contributed by atoms with van der Waals surface area (Å²) in [5.74, 6) is 6.62. The highest BCUT2D eigenvalue weighted by Gasteiger charge is 2.18. The van der Waals surface area contributed by atoms with Crippen molar-refractivity contribution in [2.24, 2.45) is 5.90 Å². The van der Waals surface area contributed by atoms with Gasteiger partial charge in [0, 0.05) is 0 Å². The van der Waals surface area contributed by atoms with Crippen molar-refractivity contribution in [2.75, 3.05) is 7.11 Å². The molecule has 17 heavy (non-hydrogen) atoms. The molecule has 0 amide bonds. The first-order chi connectivity index (χ1) is 8.33. The van der Waals surface area contributed by atoms with E-state index in [4.69, 9.17) is 15.4 Å². The Balaban J connectivity index is 2.12. The molecule has 94 valence electrons. The van der Waals surface area contributed by atoms with Crippen LogP contribution in [0.1, 0.15) is 31.2 Å². The van der Waals surface area contributed by atoms with Crippen LogP contribution in [-0.2, 0) is 11.4 Å². The molecule has 0 saturated heterocycles. The van der Waals surface area contributed by atoms with Crippen LogP contribution in [0.2, 0.25) is 0 Å². The standard InChI is InChI=1S/C13H19NO3/c1-15-12-7-6-10(9-16-14)8-13(12)17-11-4-2-3-5-11/h6-8,11H,2-5,9,14H2,1H3. The molecule has 4 nitrogen and oxygen atoms in total. The average molecular weight is 237 g/mol. The smallest absolute Gasteiger partial charge is 0.161 e. The van der Waals surface area contributed by atoms with Gasteiger partial charge in [0.15, 0.2) is 11.5 Å². The van der Waals surface area contributed by atoms with Gasteiger partial charge >= 0.3 is 0 Å². The molecule has 0 aliphatic heterocycles. The summed E-state index contributed by atoms with van der Waals surface area (Å²) in [5.41, 5.74) is 0.987. The molecular formula is C13H19NO3. The maximum Gasteiger partial charge on any atom is 0.161 e. The van der Waals surface area contributed by atoms with E-state index in [1.54, 1.807) is 7.11 Å². The maximum atomic E-state index is 5.96. The van der Waals surface area contributed by atoms with Crippen molar-refractivity contribution < 1.29 is 14.3 Å². The number of hydrogen-bond acceptors (Lipinski definition) is 4. The van der Waals surface area contributed by atoms with Crippen molar-refractivity contribution in [3.63, 3.8) is 0 Å². The van der Waals surface area contributed by atoms with E-state index in [2.05, 4.69) is 4.84 Å². The quantitative estimate of drug-likeness (QED) is 0.799. The number of rotatable bonds is 5. The van der Waals surface area contributed by atoms with Crippen LogP contribution in [0.15, 0.2) is 18.2 Å². The largest absolute Gasteiger partial charge is 0.493 e. The highest BCUT2D eigenvalue weighted by atomic mass is 16.6. The predicted octanol–water partition coefficient (Wildman–Crippen LogP) is 2.41. The summed E-state index contributed by atoms with van der Waals surface area (Å²) in [7, 11) is 1.65. The monoisotopic (exact) mass is 237 g/mol. The van der Waals surface area contributed by atoms with Gasteiger partial charge in [-0.2, -0.15) is 0 Å². The zero-order chi connectivity index (χ0) is 12.1. The second-order valence-corrected chi connectivity index (χ2v) is 4.32. The van der Waals surface area contributed by atoms with Gasteiger partial charge in [0.05, 0.1) is 19.8 Å². The SMILES string of the molecule is COc1ccc(CON)cc1OC1CCCC1. The summed E-state index contributed by atoms with van der Waals surface area (Å²) in [5, 5.41) is 0. The Morgan fingerprint density at radius 1 is 1.24 bits per heavy atom. The number of nitrogens with two attached hydrogens (primary N) is 1. The molecule has 1 aliphatic carbocycles. The van der Waals surface area contributed by atoms with Crippen molar-refractivity contribution in [1.82, 2.24) is 0 Å². The fraction of sp³-hybridized carbons (Fsp3) is 0.538. The summed E-state index contributed by atoms with van der Waals surface area (Å²) in [6.07, 6.45) is 5.07. The third kappa shape index (κ3) is 3.11. The molecular weight excluding hydrogens is 218 g/mol. The molecule has 1 aromatic rings. The average Bonchev–Trinajstić information content (AvgIpc) is 2.83. The van der Waals surface area contributed by atoms with Crippen molar-refractivity contribution in [3.8, 4) is 11.5 Å². The van der Waals surface area contributed by atoms with Crippen LogP contribution >= 0.6 is 0 Å². The molecule has 1 aromatic carbocycles. The maximum absolute atomic E-state index is 5.96. The van der Waals surface area contributed by atoms with Crippen molar-refractivity contribution >= 4 is 0 Å². The van der Waals surface area contributed by atoms with Gasteiger partial charge in [0.1, 0.15) is 0 Å². The minimum Gasteiger partial charge on any atom is -0.493 e. The number of methoxy groups -OCH3 is 1. The lowest BCUT2D eigenvalue weighted by Gasteiger charge is -2.16. The number of ether oxygens (including phenoxy) is 2. The van der Waals surface area contributed by atoms with Gasteiger partial charge in [-0.15, -0.1) is 0 Å². The summed E-state index contributed by atoms with van der Waals surface area (Å²) in [6, 6.07) is 5.75. The van der Waals surface area contributed by atoms with Gasteiger partial charge in [-0.1, -0.05) is 6.07 Å². The van der Waals surface area contributed by atoms with Crippen LogP contribution in [-0.4, -0.2) is 13.2 Å². The summed E-state index contributed by atoms with van der Waals surface area (Å²) in [4.78, 5) is 4.63. The molecule has 0 heterocycles. The summed E-state index contributed by atoms with van der Waals surface area (Å²) in [6.45, 7) is 0.380. The zero-order valence-electron chi connectivity index (χ0n) is 10.1. The predicted molar refractivity (Wildman–Crippen MR) is 64.9 cm³/mol. The molecule has 1 aliphatic rings. The molecule has 0 atom stereocenters. The van der Waals surface area contributed by atoms with Crippen LogP contribution in [0.3, 0.4) is 0 Å². The Labute approximate surface area is 102 Å². The molecule has 4 heteroatoms. The van der Waals surface area contributed by atoms with E-state index in [1.165, 1.54) is 12.8 Å². The van der Waals surface area contributed by atoms with Crippen LogP contribution < -0.4 is 15.4 Å². The van der Waals surface area contributed by atoms with Crippen molar-refractivity contribution in [1.29, 1.82) is 0 Å². The number of hydrogen-bond donors (Lipinski definition) is 1. The molecule has 1 saturated carbocycles. The van der Waals surface area contributed by atoms with E-state index >= 15 is 0 Å². The van der Waals surface area contributed by atoms with Gasteiger partial charge in [-0.3, -0.25) is 4.84 Å². The first kappa shape index (κ1) is 12.2. The first-order valence-corrected chi connectivity index (χ1v) is 5.98. The van der Waals surface area contributed by atoms with Crippen molar-refractivity contribution in [3.05, 3.63) is 23.8 Å². The summed E-state index contributed by atoms with van der Waals surface area (Å²) < 4.78 is 11.3. The zero-order valence-corrected chi connectivity index (χ0v) is 10.1. The van der Waals surface area contributed by atoms with Crippen LogP contribution in [0, 0.1) is 0 Å². The van der Waals surface area contributed by atoms with Gasteiger partial charge < -0.3 is 9.47 Å². The lowest BCUT2D eigenvalue weighted by atomic mass is 10.2. The second kappa shape index (κ2) is 5.89. The lowest BCUT2D eigenvalue weighted by molar-refractivity contribution is 0.123. The van der Waals surface area contributed by atoms with Gasteiger partial charge in [-0.25, -0.2) is 5.90 Å². The molecule has 0 unspecified atom stereocenters. The van der Waals surface area contributed by atoms with E-state index in [0.717, 1.165) is 29.9 Å². The third-order valence-electron chi connectivity index (χ3n) is 3.07. The topological polar surface area (TPSA) is 53.7 Å². The van der Waals surface area contributed by atoms with Gasteiger partial charge in [0.2, 0.25) is 0 Å². The molecule has 1 fully saturated rings. The minimum absolute atomic E-state index is 0.318. The van der Waals surface area contributed by atoms with E-state index < -0.39 is 0 Å². The Hall–Kier alpha value is -1.26. The number of benzene rings is 1.